The Balaban J connectivity index is 3.46. The van der Waals surface area contributed by atoms with Gasteiger partial charge in [-0.25, -0.2) is 0 Å². The van der Waals surface area contributed by atoms with Crippen LogP contribution in [-0.2, 0) is 0 Å². The van der Waals surface area contributed by atoms with Crippen LogP contribution in [0.15, 0.2) is 48.0 Å². The summed E-state index contributed by atoms with van der Waals surface area (Å²) in [6.45, 7) is 3.53. The minimum atomic E-state index is 1.74. The lowest BCUT2D eigenvalue weighted by Gasteiger charge is -1.68. The van der Waals surface area contributed by atoms with Gasteiger partial charge in [0.05, 0.1) is 0 Å². The Kier molecular flexibility index (Phi) is 6.98. The van der Waals surface area contributed by atoms with Crippen LogP contribution in [0, 0.1) is 0 Å². The van der Waals surface area contributed by atoms with Gasteiger partial charge >= 0.3 is 0 Å². The van der Waals surface area contributed by atoms with Crippen molar-refractivity contribution < 1.29 is 0 Å². The van der Waals surface area contributed by atoms with Gasteiger partial charge in [0.25, 0.3) is 0 Å². The highest BCUT2D eigenvalue weighted by Gasteiger charge is 1.57. The molecule has 0 nitrogen and oxygen atoms in total. The minimum absolute atomic E-state index is 1.74. The first kappa shape index (κ1) is 8.44. The summed E-state index contributed by atoms with van der Waals surface area (Å²) in [5.74, 6) is 0. The first-order valence-electron chi connectivity index (χ1n) is 2.63. The average molecular weight is 185 g/mol. The van der Waals surface area contributed by atoms with Gasteiger partial charge in [0.15, 0.2) is 0 Å². The molecule has 48 valence electrons. The fourth-order valence-corrected chi connectivity index (χ4v) is 0.489. The second kappa shape index (κ2) is 7.44. The van der Waals surface area contributed by atoms with E-state index in [1.807, 2.05) is 30.4 Å². The predicted octanol–water partition coefficient (Wildman–Crippen LogP) is 3.19. The molecule has 0 saturated heterocycles. The third-order valence-electron chi connectivity index (χ3n) is 0.653. The van der Waals surface area contributed by atoms with E-state index >= 15 is 0 Å². The number of rotatable bonds is 3. The Morgan fingerprint density at radius 3 is 2.00 bits per heavy atom. The van der Waals surface area contributed by atoms with E-state index < -0.39 is 0 Å². The van der Waals surface area contributed by atoms with Crippen LogP contribution in [0.3, 0.4) is 0 Å². The molecule has 0 aromatic heterocycles. The van der Waals surface area contributed by atoms with E-state index in [2.05, 4.69) is 22.5 Å². The van der Waals surface area contributed by atoms with Gasteiger partial charge in [-0.3, -0.25) is 0 Å². The molecule has 9 heavy (non-hydrogen) atoms. The Morgan fingerprint density at radius 1 is 0.889 bits per heavy atom. The summed E-state index contributed by atoms with van der Waals surface area (Å²) in [7, 11) is 0. The van der Waals surface area contributed by atoms with Crippen LogP contribution in [0.1, 0.15) is 0 Å². The maximum atomic E-state index is 3.53. The highest BCUT2D eigenvalue weighted by Crippen LogP contribution is 1.84. The van der Waals surface area contributed by atoms with E-state index in [0.29, 0.717) is 0 Å². The fourth-order valence-electron chi connectivity index (χ4n) is 0.313. The first-order chi connectivity index (χ1) is 4.41. The first-order valence-corrected chi connectivity index (χ1v) is 3.54. The molecule has 0 saturated carbocycles. The third kappa shape index (κ3) is 7.44. The molecule has 0 aromatic carbocycles. The molecule has 0 heterocycles. The smallest absolute Gasteiger partial charge is 0.0189 e. The standard InChI is InChI=1S/C8H9Br/c1-2-3-4-5-6-7-8-9/h2-8H,1H2. The Hall–Kier alpha value is -0.560. The molecule has 0 N–H and O–H groups in total. The SMILES string of the molecule is C=CC=CC=CC=CBr. The number of hydrogen-bond donors (Lipinski definition) is 0. The lowest BCUT2D eigenvalue weighted by Crippen LogP contribution is -1.46. The Labute approximate surface area is 64.4 Å². The van der Waals surface area contributed by atoms with Crippen LogP contribution in [0.5, 0.6) is 0 Å². The van der Waals surface area contributed by atoms with E-state index in [1.165, 1.54) is 0 Å². The monoisotopic (exact) mass is 184 g/mol. The summed E-state index contributed by atoms with van der Waals surface area (Å²) in [5.41, 5.74) is 0. The molecule has 0 atom stereocenters. The molecule has 0 fully saturated rings. The molecule has 0 bridgehead atoms. The minimum Gasteiger partial charge on any atom is -0.0991 e. The van der Waals surface area contributed by atoms with Crippen molar-refractivity contribution >= 4 is 15.9 Å². The highest BCUT2D eigenvalue weighted by atomic mass is 79.9. The zero-order chi connectivity index (χ0) is 6.95. The van der Waals surface area contributed by atoms with Crippen LogP contribution >= 0.6 is 15.9 Å². The third-order valence-corrected chi connectivity index (χ3v) is 0.958. The Bertz CT molecular complexity index is 141. The number of halogens is 1. The van der Waals surface area contributed by atoms with Gasteiger partial charge in [-0.05, 0) is 4.99 Å². The largest absolute Gasteiger partial charge is 0.0991 e. The molecule has 0 unspecified atom stereocenters. The second-order valence-corrected chi connectivity index (χ2v) is 1.85. The van der Waals surface area contributed by atoms with E-state index in [-0.39, 0.29) is 0 Å². The molecule has 0 rings (SSSR count). The summed E-state index contributed by atoms with van der Waals surface area (Å²) in [6, 6.07) is 0. The second-order valence-electron chi connectivity index (χ2n) is 1.32. The zero-order valence-electron chi connectivity index (χ0n) is 5.13. The van der Waals surface area contributed by atoms with Gasteiger partial charge in [0.2, 0.25) is 0 Å². The normalized spacial score (nSPS) is 12.1. The molecule has 0 spiro atoms. The molecular formula is C8H9Br. The molecule has 0 aromatic rings. The van der Waals surface area contributed by atoms with Crippen LogP contribution in [0.25, 0.3) is 0 Å². The van der Waals surface area contributed by atoms with E-state index in [0.717, 1.165) is 0 Å². The fraction of sp³-hybridized carbons (Fsp3) is 0. The predicted molar refractivity (Wildman–Crippen MR) is 46.5 cm³/mol. The van der Waals surface area contributed by atoms with E-state index in [4.69, 9.17) is 0 Å². The van der Waals surface area contributed by atoms with Crippen molar-refractivity contribution in [1.29, 1.82) is 0 Å². The van der Waals surface area contributed by atoms with Crippen molar-refractivity contribution in [1.82, 2.24) is 0 Å². The molecule has 0 aliphatic heterocycles. The van der Waals surface area contributed by atoms with Crippen LogP contribution in [0.4, 0.5) is 0 Å². The van der Waals surface area contributed by atoms with Crippen molar-refractivity contribution in [2.24, 2.45) is 0 Å². The van der Waals surface area contributed by atoms with Gasteiger partial charge in [-0.1, -0.05) is 59.0 Å². The average Bonchev–Trinajstić information content (AvgIpc) is 1.89. The molecule has 0 aliphatic rings. The quantitative estimate of drug-likeness (QED) is 0.592. The topological polar surface area (TPSA) is 0 Å². The lowest BCUT2D eigenvalue weighted by atomic mass is 10.4. The van der Waals surface area contributed by atoms with Gasteiger partial charge in [0, 0.05) is 0 Å². The maximum Gasteiger partial charge on any atom is -0.0189 e. The molecule has 0 amide bonds. The molecule has 0 aliphatic carbocycles. The zero-order valence-corrected chi connectivity index (χ0v) is 6.71. The van der Waals surface area contributed by atoms with Gasteiger partial charge in [0.1, 0.15) is 0 Å². The van der Waals surface area contributed by atoms with Crippen molar-refractivity contribution in [3.8, 4) is 0 Å². The van der Waals surface area contributed by atoms with Crippen molar-refractivity contribution in [3.05, 3.63) is 48.0 Å². The van der Waals surface area contributed by atoms with Crippen molar-refractivity contribution in [2.75, 3.05) is 0 Å². The summed E-state index contributed by atoms with van der Waals surface area (Å²) in [6.07, 6.45) is 11.3. The Morgan fingerprint density at radius 2 is 1.44 bits per heavy atom. The summed E-state index contributed by atoms with van der Waals surface area (Å²) in [5, 5.41) is 0. The number of allylic oxidation sites excluding steroid dienone is 6. The van der Waals surface area contributed by atoms with Gasteiger partial charge < -0.3 is 0 Å². The highest BCUT2D eigenvalue weighted by molar-refractivity contribution is 9.11. The summed E-state index contributed by atoms with van der Waals surface area (Å²) >= 11 is 3.14. The van der Waals surface area contributed by atoms with Gasteiger partial charge in [-0.15, -0.1) is 0 Å². The number of hydrogen-bond acceptors (Lipinski definition) is 0. The van der Waals surface area contributed by atoms with Crippen LogP contribution in [-0.4, -0.2) is 0 Å². The van der Waals surface area contributed by atoms with Gasteiger partial charge in [-0.2, -0.15) is 0 Å². The van der Waals surface area contributed by atoms with Crippen LogP contribution in [0.2, 0.25) is 0 Å². The van der Waals surface area contributed by atoms with Crippen molar-refractivity contribution in [3.63, 3.8) is 0 Å². The van der Waals surface area contributed by atoms with Crippen LogP contribution < -0.4 is 0 Å². The lowest BCUT2D eigenvalue weighted by molar-refractivity contribution is 1.91. The summed E-state index contributed by atoms with van der Waals surface area (Å²) < 4.78 is 0. The maximum absolute atomic E-state index is 3.53. The van der Waals surface area contributed by atoms with Crippen molar-refractivity contribution in [2.45, 2.75) is 0 Å². The van der Waals surface area contributed by atoms with E-state index in [1.54, 1.807) is 11.1 Å². The van der Waals surface area contributed by atoms with E-state index in [9.17, 15) is 0 Å². The molecular weight excluding hydrogens is 176 g/mol. The molecule has 1 heteroatoms. The summed E-state index contributed by atoms with van der Waals surface area (Å²) in [4.78, 5) is 1.80. The molecule has 0 radical (unpaired) electrons.